The number of carbonyl (C=O) groups excluding carboxylic acids is 1. The minimum Gasteiger partial charge on any atom is -0.303 e. The maximum Gasteiger partial charge on any atom is 0.126 e. The van der Waals surface area contributed by atoms with Crippen molar-refractivity contribution in [3.05, 3.63) is 11.1 Å². The van der Waals surface area contributed by atoms with Crippen molar-refractivity contribution in [3.8, 4) is 0 Å². The monoisotopic (exact) mass is 192 g/mol. The Hall–Kier alpha value is -0.590. The molecule has 1 heteroatoms. The fourth-order valence-corrected chi connectivity index (χ4v) is 3.26. The average Bonchev–Trinajstić information content (AvgIpc) is 2.20. The molecule has 1 saturated carbocycles. The summed E-state index contributed by atoms with van der Waals surface area (Å²) in [6.07, 6.45) is 8.45. The molecule has 0 aromatic carbocycles. The van der Waals surface area contributed by atoms with Gasteiger partial charge in [-0.1, -0.05) is 24.0 Å². The van der Waals surface area contributed by atoms with Crippen molar-refractivity contribution in [2.75, 3.05) is 0 Å². The first-order valence-electron chi connectivity index (χ1n) is 5.79. The van der Waals surface area contributed by atoms with Crippen molar-refractivity contribution in [1.82, 2.24) is 0 Å². The number of hydrogen-bond acceptors (Lipinski definition) is 1. The number of allylic oxidation sites excluding steroid dienone is 2. The first-order valence-corrected chi connectivity index (χ1v) is 5.79. The van der Waals surface area contributed by atoms with E-state index in [0.29, 0.717) is 5.92 Å². The van der Waals surface area contributed by atoms with E-state index in [0.717, 1.165) is 12.8 Å². The van der Waals surface area contributed by atoms with Crippen LogP contribution in [0.5, 0.6) is 0 Å². The molecule has 0 aromatic rings. The second kappa shape index (κ2) is 3.52. The number of aldehydes is 1. The van der Waals surface area contributed by atoms with Crippen molar-refractivity contribution >= 4 is 6.29 Å². The molecule has 78 valence electrons. The van der Waals surface area contributed by atoms with Crippen molar-refractivity contribution in [2.24, 2.45) is 11.3 Å². The van der Waals surface area contributed by atoms with Crippen LogP contribution in [0.1, 0.15) is 52.4 Å². The van der Waals surface area contributed by atoms with Gasteiger partial charge in [-0.05, 0) is 45.4 Å². The van der Waals surface area contributed by atoms with Crippen molar-refractivity contribution in [1.29, 1.82) is 0 Å². The Balaban J connectivity index is 2.30. The highest BCUT2D eigenvalue weighted by atomic mass is 16.1. The summed E-state index contributed by atoms with van der Waals surface area (Å²) in [5.74, 6) is 0.650. The lowest BCUT2D eigenvalue weighted by atomic mass is 9.59. The summed E-state index contributed by atoms with van der Waals surface area (Å²) in [5, 5.41) is 0. The second-order valence-electron chi connectivity index (χ2n) is 5.24. The lowest BCUT2D eigenvalue weighted by Crippen LogP contribution is -2.38. The third kappa shape index (κ3) is 1.43. The molecular formula is C13H20O. The lowest BCUT2D eigenvalue weighted by Gasteiger charge is -2.44. The molecule has 2 aliphatic rings. The maximum absolute atomic E-state index is 11.3. The van der Waals surface area contributed by atoms with Gasteiger partial charge in [0.05, 0.1) is 0 Å². The van der Waals surface area contributed by atoms with Crippen LogP contribution in [0.25, 0.3) is 0 Å². The summed E-state index contributed by atoms with van der Waals surface area (Å²) in [6.45, 7) is 4.43. The van der Waals surface area contributed by atoms with Crippen LogP contribution in [0.2, 0.25) is 0 Å². The minimum absolute atomic E-state index is 0.0296. The molecule has 0 N–H and O–H groups in total. The highest BCUT2D eigenvalue weighted by molar-refractivity contribution is 5.62. The van der Waals surface area contributed by atoms with Crippen LogP contribution in [0.3, 0.4) is 0 Å². The van der Waals surface area contributed by atoms with Crippen LogP contribution in [-0.2, 0) is 4.79 Å². The van der Waals surface area contributed by atoms with E-state index < -0.39 is 0 Å². The molecule has 1 fully saturated rings. The lowest BCUT2D eigenvalue weighted by molar-refractivity contribution is -0.121. The summed E-state index contributed by atoms with van der Waals surface area (Å²) in [4.78, 5) is 11.3. The molecule has 0 saturated heterocycles. The van der Waals surface area contributed by atoms with Gasteiger partial charge in [0.15, 0.2) is 0 Å². The van der Waals surface area contributed by atoms with Gasteiger partial charge in [0.1, 0.15) is 6.29 Å². The SMILES string of the molecule is CC1=C(C)C[C@@]2(C=O)CCCC[C@H]2C1. The fraction of sp³-hybridized carbons (Fsp3) is 0.769. The third-order valence-corrected chi connectivity index (χ3v) is 4.37. The Kier molecular flexibility index (Phi) is 2.50. The Bertz CT molecular complexity index is 277. The predicted molar refractivity (Wildman–Crippen MR) is 58.1 cm³/mol. The van der Waals surface area contributed by atoms with Crippen molar-refractivity contribution in [2.45, 2.75) is 52.4 Å². The second-order valence-corrected chi connectivity index (χ2v) is 5.24. The van der Waals surface area contributed by atoms with Gasteiger partial charge >= 0.3 is 0 Å². The summed E-state index contributed by atoms with van der Waals surface area (Å²) in [7, 11) is 0. The first kappa shape index (κ1) is 9.95. The first-order chi connectivity index (χ1) is 6.68. The van der Waals surface area contributed by atoms with Crippen LogP contribution >= 0.6 is 0 Å². The van der Waals surface area contributed by atoms with Gasteiger partial charge in [-0.15, -0.1) is 0 Å². The van der Waals surface area contributed by atoms with E-state index in [2.05, 4.69) is 13.8 Å². The molecule has 0 radical (unpaired) electrons. The Morgan fingerprint density at radius 2 is 2.07 bits per heavy atom. The molecule has 2 rings (SSSR count). The van der Waals surface area contributed by atoms with E-state index in [1.807, 2.05) is 0 Å². The summed E-state index contributed by atoms with van der Waals surface area (Å²) < 4.78 is 0. The number of carbonyl (C=O) groups is 1. The van der Waals surface area contributed by atoms with Gasteiger partial charge in [-0.3, -0.25) is 0 Å². The zero-order chi connectivity index (χ0) is 10.2. The van der Waals surface area contributed by atoms with E-state index in [9.17, 15) is 4.79 Å². The molecule has 0 amide bonds. The van der Waals surface area contributed by atoms with E-state index in [1.54, 1.807) is 0 Å². The Morgan fingerprint density at radius 1 is 1.29 bits per heavy atom. The van der Waals surface area contributed by atoms with Gasteiger partial charge in [0.2, 0.25) is 0 Å². The van der Waals surface area contributed by atoms with E-state index in [4.69, 9.17) is 0 Å². The number of fused-ring (bicyclic) bond motifs is 1. The Morgan fingerprint density at radius 3 is 2.79 bits per heavy atom. The molecular weight excluding hydrogens is 172 g/mol. The Labute approximate surface area is 86.6 Å². The largest absolute Gasteiger partial charge is 0.303 e. The number of rotatable bonds is 1. The zero-order valence-electron chi connectivity index (χ0n) is 9.31. The number of hydrogen-bond donors (Lipinski definition) is 0. The molecule has 1 nitrogen and oxygen atoms in total. The molecule has 2 atom stereocenters. The molecule has 0 aromatic heterocycles. The molecule has 0 spiro atoms. The van der Waals surface area contributed by atoms with Gasteiger partial charge in [0, 0.05) is 5.41 Å². The van der Waals surface area contributed by atoms with Gasteiger partial charge in [0.25, 0.3) is 0 Å². The van der Waals surface area contributed by atoms with Crippen molar-refractivity contribution < 1.29 is 4.79 Å². The van der Waals surface area contributed by atoms with Crippen LogP contribution in [0.4, 0.5) is 0 Å². The van der Waals surface area contributed by atoms with Crippen LogP contribution in [0, 0.1) is 11.3 Å². The van der Waals surface area contributed by atoms with Crippen LogP contribution in [0.15, 0.2) is 11.1 Å². The topological polar surface area (TPSA) is 17.1 Å². The maximum atomic E-state index is 11.3. The summed E-state index contributed by atoms with van der Waals surface area (Å²) >= 11 is 0. The zero-order valence-corrected chi connectivity index (χ0v) is 9.31. The van der Waals surface area contributed by atoms with Crippen LogP contribution < -0.4 is 0 Å². The molecule has 0 bridgehead atoms. The quantitative estimate of drug-likeness (QED) is 0.459. The normalized spacial score (nSPS) is 38.0. The minimum atomic E-state index is 0.0296. The third-order valence-electron chi connectivity index (χ3n) is 4.37. The summed E-state index contributed by atoms with van der Waals surface area (Å²) in [6, 6.07) is 0. The van der Waals surface area contributed by atoms with E-state index in [1.165, 1.54) is 43.1 Å². The van der Waals surface area contributed by atoms with Crippen LogP contribution in [-0.4, -0.2) is 6.29 Å². The van der Waals surface area contributed by atoms with E-state index in [-0.39, 0.29) is 5.41 Å². The van der Waals surface area contributed by atoms with Gasteiger partial charge < -0.3 is 4.79 Å². The highest BCUT2D eigenvalue weighted by Crippen LogP contribution is 2.50. The molecule has 0 unspecified atom stereocenters. The molecule has 0 aliphatic heterocycles. The molecule has 14 heavy (non-hydrogen) atoms. The average molecular weight is 192 g/mol. The fourth-order valence-electron chi connectivity index (χ4n) is 3.26. The van der Waals surface area contributed by atoms with E-state index >= 15 is 0 Å². The molecule has 0 heterocycles. The summed E-state index contributed by atoms with van der Waals surface area (Å²) in [5.41, 5.74) is 3.03. The standard InChI is InChI=1S/C13H20O/c1-10-7-12-5-3-4-6-13(12,9-14)8-11(10)2/h9,12H,3-8H2,1-2H3/t12-,13+/m0/s1. The van der Waals surface area contributed by atoms with Gasteiger partial charge in [-0.2, -0.15) is 0 Å². The van der Waals surface area contributed by atoms with Gasteiger partial charge in [-0.25, -0.2) is 0 Å². The van der Waals surface area contributed by atoms with Crippen molar-refractivity contribution in [3.63, 3.8) is 0 Å². The highest BCUT2D eigenvalue weighted by Gasteiger charge is 2.42. The molecule has 2 aliphatic carbocycles. The predicted octanol–water partition coefficient (Wildman–Crippen LogP) is 3.49. The smallest absolute Gasteiger partial charge is 0.126 e.